The minimum Gasteiger partial charge on any atom is -0.484 e. The molecule has 2 aliphatic carbocycles. The minimum absolute atomic E-state index is 0. The Morgan fingerprint density at radius 3 is 2.56 bits per heavy atom. The van der Waals surface area contributed by atoms with Crippen molar-refractivity contribution in [1.82, 2.24) is 16.0 Å². The van der Waals surface area contributed by atoms with Gasteiger partial charge in [-0.1, -0.05) is 31.4 Å². The summed E-state index contributed by atoms with van der Waals surface area (Å²) < 4.78 is 5.61. The fourth-order valence-electron chi connectivity index (χ4n) is 3.21. The van der Waals surface area contributed by atoms with E-state index in [0.717, 1.165) is 24.4 Å². The highest BCUT2D eigenvalue weighted by Crippen LogP contribution is 2.19. The van der Waals surface area contributed by atoms with E-state index < -0.39 is 0 Å². The van der Waals surface area contributed by atoms with E-state index in [2.05, 4.69) is 20.9 Å². The number of ether oxygens (including phenoxy) is 1. The van der Waals surface area contributed by atoms with Gasteiger partial charge in [-0.15, -0.1) is 24.0 Å². The first-order valence-electron chi connectivity index (χ1n) is 9.71. The molecule has 150 valence electrons. The van der Waals surface area contributed by atoms with Crippen molar-refractivity contribution in [3.05, 3.63) is 29.8 Å². The number of hydrogen-bond donors (Lipinski definition) is 3. The Labute approximate surface area is 178 Å². The van der Waals surface area contributed by atoms with E-state index in [4.69, 9.17) is 4.74 Å². The van der Waals surface area contributed by atoms with E-state index in [1.807, 2.05) is 24.3 Å². The van der Waals surface area contributed by atoms with E-state index in [1.165, 1.54) is 32.1 Å². The summed E-state index contributed by atoms with van der Waals surface area (Å²) in [5.41, 5.74) is 1.09. The zero-order valence-electron chi connectivity index (χ0n) is 16.0. The Morgan fingerprint density at radius 1 is 1.11 bits per heavy atom. The lowest BCUT2D eigenvalue weighted by atomic mass is 9.96. The molecule has 0 aliphatic heterocycles. The minimum atomic E-state index is -0.0480. The van der Waals surface area contributed by atoms with Crippen LogP contribution in [-0.4, -0.2) is 37.6 Å². The van der Waals surface area contributed by atoms with Crippen LogP contribution in [0.5, 0.6) is 5.75 Å². The van der Waals surface area contributed by atoms with Crippen molar-refractivity contribution in [2.45, 2.75) is 63.6 Å². The van der Waals surface area contributed by atoms with Gasteiger partial charge in [-0.2, -0.15) is 0 Å². The van der Waals surface area contributed by atoms with Gasteiger partial charge in [0.15, 0.2) is 12.6 Å². The van der Waals surface area contributed by atoms with Crippen molar-refractivity contribution in [1.29, 1.82) is 0 Å². The molecule has 0 spiro atoms. The lowest BCUT2D eigenvalue weighted by Crippen LogP contribution is -2.43. The van der Waals surface area contributed by atoms with Gasteiger partial charge in [0, 0.05) is 25.7 Å². The molecule has 1 aromatic carbocycles. The van der Waals surface area contributed by atoms with E-state index >= 15 is 0 Å². The Morgan fingerprint density at radius 2 is 1.85 bits per heavy atom. The number of guanidine groups is 1. The smallest absolute Gasteiger partial charge is 0.258 e. The van der Waals surface area contributed by atoms with Crippen molar-refractivity contribution in [3.63, 3.8) is 0 Å². The summed E-state index contributed by atoms with van der Waals surface area (Å²) in [6.07, 6.45) is 8.53. The molecule has 2 fully saturated rings. The number of carbonyl (C=O) groups excluding carboxylic acids is 1. The van der Waals surface area contributed by atoms with Gasteiger partial charge in [-0.3, -0.25) is 9.79 Å². The van der Waals surface area contributed by atoms with Gasteiger partial charge in [0.1, 0.15) is 5.75 Å². The summed E-state index contributed by atoms with van der Waals surface area (Å²) >= 11 is 0. The van der Waals surface area contributed by atoms with Gasteiger partial charge < -0.3 is 20.7 Å². The summed E-state index contributed by atoms with van der Waals surface area (Å²) in [5.74, 6) is 1.51. The number of nitrogens with zero attached hydrogens (tertiary/aromatic N) is 1. The summed E-state index contributed by atoms with van der Waals surface area (Å²) in [5, 5.41) is 9.80. The van der Waals surface area contributed by atoms with Crippen LogP contribution >= 0.6 is 24.0 Å². The molecule has 0 heterocycles. The molecule has 0 atom stereocenters. The highest BCUT2D eigenvalue weighted by Gasteiger charge is 2.23. The average Bonchev–Trinajstić information content (AvgIpc) is 3.48. The van der Waals surface area contributed by atoms with Crippen LogP contribution in [0.4, 0.5) is 0 Å². The number of amides is 1. The van der Waals surface area contributed by atoms with Crippen LogP contribution in [0, 0.1) is 0 Å². The van der Waals surface area contributed by atoms with Crippen LogP contribution in [-0.2, 0) is 11.3 Å². The lowest BCUT2D eigenvalue weighted by Gasteiger charge is -2.24. The molecular formula is C20H31IN4O2. The number of halogens is 1. The summed E-state index contributed by atoms with van der Waals surface area (Å²) in [4.78, 5) is 16.0. The second kappa shape index (κ2) is 11.4. The zero-order valence-corrected chi connectivity index (χ0v) is 18.3. The van der Waals surface area contributed by atoms with Crippen LogP contribution in [0.25, 0.3) is 0 Å². The Kier molecular flexibility index (Phi) is 9.17. The number of hydrogen-bond acceptors (Lipinski definition) is 3. The van der Waals surface area contributed by atoms with Crippen molar-refractivity contribution >= 4 is 35.8 Å². The zero-order chi connectivity index (χ0) is 18.2. The third kappa shape index (κ3) is 7.94. The van der Waals surface area contributed by atoms with Crippen LogP contribution < -0.4 is 20.7 Å². The topological polar surface area (TPSA) is 74.8 Å². The molecule has 7 heteroatoms. The van der Waals surface area contributed by atoms with Crippen LogP contribution in [0.2, 0.25) is 0 Å². The standard InChI is InChI=1S/C20H30N4O2.HI/c1-21-20(24-16-7-3-2-4-8-16)22-13-15-6-5-9-18(12-15)26-14-19(25)23-17-10-11-17;/h5-6,9,12,16-17H,2-4,7-8,10-11,13-14H2,1H3,(H,23,25)(H2,21,22,24);1H. The second-order valence-electron chi connectivity index (χ2n) is 7.18. The monoisotopic (exact) mass is 486 g/mol. The lowest BCUT2D eigenvalue weighted by molar-refractivity contribution is -0.123. The molecule has 1 amide bonds. The van der Waals surface area contributed by atoms with Gasteiger partial charge in [-0.25, -0.2) is 0 Å². The van der Waals surface area contributed by atoms with Crippen LogP contribution in [0.3, 0.4) is 0 Å². The number of rotatable bonds is 7. The van der Waals surface area contributed by atoms with Gasteiger partial charge in [0.2, 0.25) is 0 Å². The highest BCUT2D eigenvalue weighted by molar-refractivity contribution is 14.0. The number of benzene rings is 1. The normalized spacial score (nSPS) is 17.6. The van der Waals surface area contributed by atoms with E-state index in [0.29, 0.717) is 24.4 Å². The van der Waals surface area contributed by atoms with Gasteiger partial charge >= 0.3 is 0 Å². The van der Waals surface area contributed by atoms with Gasteiger partial charge in [0.25, 0.3) is 5.91 Å². The first-order chi connectivity index (χ1) is 12.7. The Hall–Kier alpha value is -1.51. The van der Waals surface area contributed by atoms with Crippen molar-refractivity contribution in [3.8, 4) is 5.75 Å². The maximum Gasteiger partial charge on any atom is 0.258 e. The third-order valence-corrected chi connectivity index (χ3v) is 4.84. The van der Waals surface area contributed by atoms with Crippen LogP contribution in [0.15, 0.2) is 29.3 Å². The Balaban J connectivity index is 0.00000261. The Bertz CT molecular complexity index is 628. The molecule has 0 unspecified atom stereocenters. The molecule has 0 radical (unpaired) electrons. The van der Waals surface area contributed by atoms with Crippen LogP contribution in [0.1, 0.15) is 50.5 Å². The molecule has 6 nitrogen and oxygen atoms in total. The molecule has 0 saturated heterocycles. The first-order valence-corrected chi connectivity index (χ1v) is 9.71. The first kappa shape index (κ1) is 21.8. The molecule has 3 N–H and O–H groups in total. The molecule has 0 aromatic heterocycles. The molecule has 2 saturated carbocycles. The second-order valence-corrected chi connectivity index (χ2v) is 7.18. The molecule has 2 aliphatic rings. The molecular weight excluding hydrogens is 455 g/mol. The van der Waals surface area contributed by atoms with Crippen molar-refractivity contribution in [2.24, 2.45) is 4.99 Å². The average molecular weight is 486 g/mol. The molecule has 27 heavy (non-hydrogen) atoms. The summed E-state index contributed by atoms with van der Waals surface area (Å²) in [7, 11) is 1.80. The maximum atomic E-state index is 11.7. The van der Waals surface area contributed by atoms with Gasteiger partial charge in [0.05, 0.1) is 0 Å². The number of carbonyl (C=O) groups is 1. The largest absolute Gasteiger partial charge is 0.484 e. The third-order valence-electron chi connectivity index (χ3n) is 4.84. The molecule has 1 aromatic rings. The van der Waals surface area contributed by atoms with Gasteiger partial charge in [-0.05, 0) is 43.4 Å². The predicted octanol–water partition coefficient (Wildman–Crippen LogP) is 2.96. The fraction of sp³-hybridized carbons (Fsp3) is 0.600. The quantitative estimate of drug-likeness (QED) is 0.315. The van der Waals surface area contributed by atoms with Crippen molar-refractivity contribution in [2.75, 3.05) is 13.7 Å². The summed E-state index contributed by atoms with van der Waals surface area (Å²) in [6.45, 7) is 0.732. The molecule has 3 rings (SSSR count). The van der Waals surface area contributed by atoms with E-state index in [1.54, 1.807) is 7.05 Å². The SMILES string of the molecule is CN=C(NCc1cccc(OCC(=O)NC2CC2)c1)NC1CCCCC1.I. The predicted molar refractivity (Wildman–Crippen MR) is 119 cm³/mol. The highest BCUT2D eigenvalue weighted by atomic mass is 127. The number of aliphatic imine (C=N–C) groups is 1. The number of nitrogens with one attached hydrogen (secondary N) is 3. The van der Waals surface area contributed by atoms with E-state index in [9.17, 15) is 4.79 Å². The fourth-order valence-corrected chi connectivity index (χ4v) is 3.21. The van der Waals surface area contributed by atoms with Crippen molar-refractivity contribution < 1.29 is 9.53 Å². The summed E-state index contributed by atoms with van der Waals surface area (Å²) in [6, 6.07) is 8.72. The maximum absolute atomic E-state index is 11.7. The molecule has 0 bridgehead atoms. The van der Waals surface area contributed by atoms with E-state index in [-0.39, 0.29) is 36.5 Å².